The lowest BCUT2D eigenvalue weighted by molar-refractivity contribution is 0.0691. The Bertz CT molecular complexity index is 1310. The molecule has 0 aliphatic heterocycles. The minimum Gasteiger partial charge on any atom is -0.477 e. The fraction of sp³-hybridized carbons (Fsp3) is 0. The maximum atomic E-state index is 12.7. The monoisotopic (exact) mass is 405 g/mol. The van der Waals surface area contributed by atoms with E-state index in [1.165, 1.54) is 24.4 Å². The number of sulfonamides is 1. The first-order valence-corrected chi connectivity index (χ1v) is 10.1. The highest BCUT2D eigenvalue weighted by molar-refractivity contribution is 7.92. The van der Waals surface area contributed by atoms with Crippen LogP contribution in [0.2, 0.25) is 0 Å². The van der Waals surface area contributed by atoms with Crippen LogP contribution in [-0.2, 0) is 10.0 Å². The molecule has 144 valence electrons. The molecule has 0 atom stereocenters. The van der Waals surface area contributed by atoms with E-state index in [1.807, 2.05) is 30.3 Å². The molecule has 0 radical (unpaired) electrons. The van der Waals surface area contributed by atoms with E-state index in [1.54, 1.807) is 24.3 Å². The van der Waals surface area contributed by atoms with Gasteiger partial charge in [0, 0.05) is 11.6 Å². The first-order chi connectivity index (χ1) is 14.0. The number of hydrogen-bond donors (Lipinski definition) is 2. The highest BCUT2D eigenvalue weighted by Gasteiger charge is 2.19. The van der Waals surface area contributed by atoms with Gasteiger partial charge in [0.15, 0.2) is 5.03 Å². The normalized spacial score (nSPS) is 11.3. The second-order valence-corrected chi connectivity index (χ2v) is 7.83. The molecule has 0 bridgehead atoms. The number of carbonyl (C=O) groups is 1. The van der Waals surface area contributed by atoms with Gasteiger partial charge in [0.05, 0.1) is 11.2 Å². The molecule has 2 aromatic heterocycles. The van der Waals surface area contributed by atoms with Gasteiger partial charge in [-0.1, -0.05) is 48.5 Å². The van der Waals surface area contributed by atoms with Crippen LogP contribution in [0.15, 0.2) is 84.0 Å². The zero-order valence-electron chi connectivity index (χ0n) is 15.0. The van der Waals surface area contributed by atoms with E-state index in [0.29, 0.717) is 10.9 Å². The van der Waals surface area contributed by atoms with Gasteiger partial charge in [0.25, 0.3) is 10.0 Å². The summed E-state index contributed by atoms with van der Waals surface area (Å²) in [7, 11) is -3.96. The van der Waals surface area contributed by atoms with Crippen molar-refractivity contribution in [1.82, 2.24) is 9.97 Å². The fourth-order valence-corrected chi connectivity index (χ4v) is 4.02. The minimum absolute atomic E-state index is 0.144. The molecule has 0 saturated heterocycles. The summed E-state index contributed by atoms with van der Waals surface area (Å²) in [5.41, 5.74) is 1.68. The molecule has 2 aromatic carbocycles. The minimum atomic E-state index is -3.96. The average molecular weight is 405 g/mol. The van der Waals surface area contributed by atoms with Gasteiger partial charge in [-0.15, -0.1) is 0 Å². The van der Waals surface area contributed by atoms with Crippen molar-refractivity contribution in [2.24, 2.45) is 0 Å². The highest BCUT2D eigenvalue weighted by Crippen LogP contribution is 2.33. The van der Waals surface area contributed by atoms with Crippen molar-refractivity contribution in [3.05, 3.63) is 84.7 Å². The van der Waals surface area contributed by atoms with Crippen LogP contribution < -0.4 is 4.72 Å². The Kier molecular flexibility index (Phi) is 4.69. The van der Waals surface area contributed by atoms with Gasteiger partial charge in [0.1, 0.15) is 5.69 Å². The zero-order chi connectivity index (χ0) is 20.4. The van der Waals surface area contributed by atoms with Crippen LogP contribution in [0.25, 0.3) is 22.0 Å². The molecule has 0 unspecified atom stereocenters. The highest BCUT2D eigenvalue weighted by atomic mass is 32.2. The van der Waals surface area contributed by atoms with Crippen molar-refractivity contribution in [2.45, 2.75) is 5.03 Å². The van der Waals surface area contributed by atoms with E-state index in [4.69, 9.17) is 0 Å². The van der Waals surface area contributed by atoms with E-state index in [0.717, 1.165) is 5.56 Å². The third-order valence-electron chi connectivity index (χ3n) is 4.30. The van der Waals surface area contributed by atoms with E-state index < -0.39 is 16.0 Å². The molecule has 0 fully saturated rings. The number of nitrogens with zero attached hydrogens (tertiary/aromatic N) is 2. The van der Waals surface area contributed by atoms with Gasteiger partial charge in [-0.2, -0.15) is 8.42 Å². The summed E-state index contributed by atoms with van der Waals surface area (Å²) >= 11 is 0. The predicted molar refractivity (Wildman–Crippen MR) is 109 cm³/mol. The van der Waals surface area contributed by atoms with Crippen molar-refractivity contribution in [3.63, 3.8) is 0 Å². The van der Waals surface area contributed by atoms with Gasteiger partial charge in [-0.25, -0.2) is 14.8 Å². The third kappa shape index (κ3) is 3.65. The van der Waals surface area contributed by atoms with Crippen LogP contribution >= 0.6 is 0 Å². The number of hydrogen-bond acceptors (Lipinski definition) is 5. The number of nitrogens with one attached hydrogen (secondary N) is 1. The first kappa shape index (κ1) is 18.6. The second-order valence-electron chi connectivity index (χ2n) is 6.20. The Morgan fingerprint density at radius 2 is 1.69 bits per heavy atom. The van der Waals surface area contributed by atoms with Gasteiger partial charge >= 0.3 is 5.97 Å². The van der Waals surface area contributed by atoms with Crippen molar-refractivity contribution in [2.75, 3.05) is 4.72 Å². The maximum Gasteiger partial charge on any atom is 0.354 e. The van der Waals surface area contributed by atoms with Crippen LogP contribution in [0.5, 0.6) is 0 Å². The summed E-state index contributed by atoms with van der Waals surface area (Å²) in [5, 5.41) is 9.99. The number of pyridine rings is 2. The lowest BCUT2D eigenvalue weighted by atomic mass is 9.99. The summed E-state index contributed by atoms with van der Waals surface area (Å²) in [6, 6.07) is 20.3. The maximum absolute atomic E-state index is 12.7. The van der Waals surface area contributed by atoms with Crippen LogP contribution in [0.4, 0.5) is 5.69 Å². The average Bonchev–Trinajstić information content (AvgIpc) is 2.74. The predicted octanol–water partition coefficient (Wildman–Crippen LogP) is 3.80. The Morgan fingerprint density at radius 1 is 0.931 bits per heavy atom. The lowest BCUT2D eigenvalue weighted by Gasteiger charge is -2.13. The van der Waals surface area contributed by atoms with Crippen molar-refractivity contribution in [1.29, 1.82) is 0 Å². The van der Waals surface area contributed by atoms with E-state index in [2.05, 4.69) is 14.7 Å². The molecule has 0 aliphatic rings. The van der Waals surface area contributed by atoms with Gasteiger partial charge in [0.2, 0.25) is 0 Å². The van der Waals surface area contributed by atoms with E-state index in [9.17, 15) is 18.3 Å². The Balaban J connectivity index is 1.93. The van der Waals surface area contributed by atoms with Crippen molar-refractivity contribution >= 4 is 32.6 Å². The standard InChI is InChI=1S/C21H15N3O4S/c25-21(26)18-13-16(14-7-2-1-3-8-14)15-9-6-10-17(20(15)23-18)24-29(27,28)19-11-4-5-12-22-19/h1-13,24H,(H,25,26). The van der Waals surface area contributed by atoms with Crippen molar-refractivity contribution in [3.8, 4) is 11.1 Å². The Labute approximate surface area is 166 Å². The van der Waals surface area contributed by atoms with Crippen molar-refractivity contribution < 1.29 is 18.3 Å². The summed E-state index contributed by atoms with van der Waals surface area (Å²) in [4.78, 5) is 19.7. The van der Waals surface area contributed by atoms with Crippen LogP contribution in [0.3, 0.4) is 0 Å². The molecular formula is C21H15N3O4S. The van der Waals surface area contributed by atoms with Gasteiger partial charge in [-0.3, -0.25) is 4.72 Å². The zero-order valence-corrected chi connectivity index (χ0v) is 15.8. The number of aromatic nitrogens is 2. The lowest BCUT2D eigenvalue weighted by Crippen LogP contribution is -2.15. The van der Waals surface area contributed by atoms with Gasteiger partial charge < -0.3 is 5.11 Å². The molecule has 8 heteroatoms. The second kappa shape index (κ2) is 7.33. The number of anilines is 1. The topological polar surface area (TPSA) is 109 Å². The fourth-order valence-electron chi connectivity index (χ4n) is 3.00. The summed E-state index contributed by atoms with van der Waals surface area (Å²) in [6.07, 6.45) is 1.38. The quantitative estimate of drug-likeness (QED) is 0.523. The molecule has 0 aliphatic carbocycles. The number of carboxylic acids is 1. The molecule has 0 saturated carbocycles. The van der Waals surface area contributed by atoms with E-state index >= 15 is 0 Å². The molecule has 0 amide bonds. The largest absolute Gasteiger partial charge is 0.477 e. The molecule has 0 spiro atoms. The van der Waals surface area contributed by atoms with Crippen LogP contribution in [-0.4, -0.2) is 29.5 Å². The summed E-state index contributed by atoms with van der Waals surface area (Å²) < 4.78 is 27.9. The Hall–Kier alpha value is -3.78. The van der Waals surface area contributed by atoms with Gasteiger partial charge in [-0.05, 0) is 35.4 Å². The molecule has 4 aromatic rings. The first-order valence-electron chi connectivity index (χ1n) is 8.62. The van der Waals surface area contributed by atoms with Crippen LogP contribution in [0, 0.1) is 0 Å². The SMILES string of the molecule is O=C(O)c1cc(-c2ccccc2)c2cccc(NS(=O)(=O)c3ccccn3)c2n1. The molecule has 4 rings (SSSR count). The summed E-state index contributed by atoms with van der Waals surface area (Å²) in [6.45, 7) is 0. The van der Waals surface area contributed by atoms with Crippen LogP contribution in [0.1, 0.15) is 10.5 Å². The number of carboxylic acid groups (broad SMARTS) is 1. The molecule has 29 heavy (non-hydrogen) atoms. The molecule has 7 nitrogen and oxygen atoms in total. The number of para-hydroxylation sites is 1. The number of benzene rings is 2. The molecule has 2 N–H and O–H groups in total. The molecule has 2 heterocycles. The summed E-state index contributed by atoms with van der Waals surface area (Å²) in [5.74, 6) is -1.20. The molecular weight excluding hydrogens is 390 g/mol. The smallest absolute Gasteiger partial charge is 0.354 e. The number of rotatable bonds is 5. The number of aromatic carboxylic acids is 1. The number of fused-ring (bicyclic) bond motifs is 1. The van der Waals surface area contributed by atoms with E-state index in [-0.39, 0.29) is 21.9 Å². The Morgan fingerprint density at radius 3 is 2.38 bits per heavy atom. The third-order valence-corrected chi connectivity index (χ3v) is 5.58.